The average Bonchev–Trinajstić information content (AvgIpc) is 2.67. The number of carbonyl (C=O) groups is 1. The van der Waals surface area contributed by atoms with Crippen molar-refractivity contribution in [3.63, 3.8) is 0 Å². The minimum atomic E-state index is -4.18. The Balaban J connectivity index is 2.12. The number of rotatable bonds is 9. The van der Waals surface area contributed by atoms with E-state index in [0.29, 0.717) is 0 Å². The third kappa shape index (κ3) is 6.31. The van der Waals surface area contributed by atoms with E-state index in [1.165, 1.54) is 18.2 Å². The lowest BCUT2D eigenvalue weighted by molar-refractivity contribution is -0.143. The first-order valence-corrected chi connectivity index (χ1v) is 10.3. The van der Waals surface area contributed by atoms with E-state index >= 15 is 0 Å². The van der Waals surface area contributed by atoms with Crippen molar-refractivity contribution >= 4 is 16.1 Å². The molecule has 0 aromatic heterocycles. The van der Waals surface area contributed by atoms with Crippen LogP contribution < -0.4 is 0 Å². The van der Waals surface area contributed by atoms with Crippen LogP contribution in [0.1, 0.15) is 36.1 Å². The molecule has 29 heavy (non-hydrogen) atoms. The number of hydrogen-bond acceptors (Lipinski definition) is 6. The van der Waals surface area contributed by atoms with Gasteiger partial charge in [0.15, 0.2) is 11.6 Å². The Morgan fingerprint density at radius 1 is 1.17 bits per heavy atom. The Hall–Kier alpha value is -2.36. The number of benzene rings is 2. The molecule has 0 radical (unpaired) electrons. The summed E-state index contributed by atoms with van der Waals surface area (Å²) in [5.41, 5.74) is 0.650. The molecule has 1 N–H and O–H groups in total. The molecule has 0 fully saturated rings. The summed E-state index contributed by atoms with van der Waals surface area (Å²) >= 11 is 0. The van der Waals surface area contributed by atoms with Crippen LogP contribution >= 0.6 is 0 Å². The van der Waals surface area contributed by atoms with Crippen molar-refractivity contribution in [2.75, 3.05) is 13.2 Å². The molecule has 6 nitrogen and oxygen atoms in total. The Morgan fingerprint density at radius 2 is 1.83 bits per heavy atom. The molecule has 0 aliphatic carbocycles. The summed E-state index contributed by atoms with van der Waals surface area (Å²) in [6.45, 7) is 2.84. The summed E-state index contributed by atoms with van der Waals surface area (Å²) < 4.78 is 61.9. The highest BCUT2D eigenvalue weighted by Gasteiger charge is 2.22. The molecule has 0 saturated carbocycles. The fourth-order valence-corrected chi connectivity index (χ4v) is 3.47. The second-order valence-electron chi connectivity index (χ2n) is 6.35. The van der Waals surface area contributed by atoms with Crippen molar-refractivity contribution in [1.82, 2.24) is 0 Å². The minimum absolute atomic E-state index is 0.0489. The van der Waals surface area contributed by atoms with Crippen LogP contribution in [-0.4, -0.2) is 32.7 Å². The molecule has 0 aliphatic rings. The van der Waals surface area contributed by atoms with E-state index in [9.17, 15) is 27.1 Å². The Bertz CT molecular complexity index is 958. The van der Waals surface area contributed by atoms with E-state index in [0.717, 1.165) is 11.6 Å². The van der Waals surface area contributed by atoms with Crippen LogP contribution in [0.25, 0.3) is 0 Å². The van der Waals surface area contributed by atoms with Gasteiger partial charge in [0.25, 0.3) is 10.1 Å². The SMILES string of the molecule is CCOC(=O)CCc1cc(F)c(F)c([C@H](O)COS(=O)(=O)c2ccc(C)cc2)c1. The van der Waals surface area contributed by atoms with Gasteiger partial charge in [0, 0.05) is 12.0 Å². The van der Waals surface area contributed by atoms with Gasteiger partial charge in [0.2, 0.25) is 0 Å². The van der Waals surface area contributed by atoms with Crippen molar-refractivity contribution in [1.29, 1.82) is 0 Å². The third-order valence-corrected chi connectivity index (χ3v) is 5.38. The zero-order valence-corrected chi connectivity index (χ0v) is 16.8. The van der Waals surface area contributed by atoms with E-state index < -0.39 is 46.0 Å². The largest absolute Gasteiger partial charge is 0.466 e. The number of hydrogen-bond donors (Lipinski definition) is 1. The molecule has 0 bridgehead atoms. The lowest BCUT2D eigenvalue weighted by Crippen LogP contribution is -2.15. The molecule has 0 unspecified atom stereocenters. The van der Waals surface area contributed by atoms with Gasteiger partial charge in [-0.05, 0) is 50.1 Å². The number of aliphatic hydroxyl groups excluding tert-OH is 1. The summed E-state index contributed by atoms with van der Waals surface area (Å²) in [6.07, 6.45) is -1.71. The molecule has 0 spiro atoms. The number of halogens is 2. The fourth-order valence-electron chi connectivity index (χ4n) is 2.55. The molecule has 2 aromatic carbocycles. The van der Waals surface area contributed by atoms with Crippen molar-refractivity contribution in [3.05, 3.63) is 64.7 Å². The number of aliphatic hydroxyl groups is 1. The third-order valence-electron chi connectivity index (χ3n) is 4.09. The molecular weight excluding hydrogens is 406 g/mol. The van der Waals surface area contributed by atoms with Gasteiger partial charge in [-0.2, -0.15) is 8.42 Å². The van der Waals surface area contributed by atoms with Crippen LogP contribution in [-0.2, 0) is 30.3 Å². The standard InChI is InChI=1S/C20H22F2O6S/c1-3-27-19(24)9-6-14-10-16(20(22)17(21)11-14)18(23)12-28-29(25,26)15-7-4-13(2)5-8-15/h4-5,7-8,10-11,18,23H,3,6,9,12H2,1-2H3/t18-/m1/s1. The number of aryl methyl sites for hydroxylation is 2. The van der Waals surface area contributed by atoms with Gasteiger partial charge in [-0.25, -0.2) is 8.78 Å². The average molecular weight is 428 g/mol. The molecular formula is C20H22F2O6S. The molecule has 158 valence electrons. The van der Waals surface area contributed by atoms with E-state index in [4.69, 9.17) is 8.92 Å². The van der Waals surface area contributed by atoms with E-state index in [-0.39, 0.29) is 29.9 Å². The molecule has 0 heterocycles. The Kier molecular flexibility index (Phi) is 7.83. The number of esters is 1. The predicted molar refractivity (Wildman–Crippen MR) is 101 cm³/mol. The second-order valence-corrected chi connectivity index (χ2v) is 7.97. The summed E-state index contributed by atoms with van der Waals surface area (Å²) in [5, 5.41) is 10.2. The molecule has 1 atom stereocenters. The smallest absolute Gasteiger partial charge is 0.306 e. The number of carbonyl (C=O) groups excluding carboxylic acids is 1. The van der Waals surface area contributed by atoms with Gasteiger partial charge in [-0.1, -0.05) is 17.7 Å². The topological polar surface area (TPSA) is 89.9 Å². The summed E-state index contributed by atoms with van der Waals surface area (Å²) in [6, 6.07) is 7.92. The molecule has 2 aromatic rings. The normalized spacial score (nSPS) is 12.6. The van der Waals surface area contributed by atoms with Crippen molar-refractivity contribution in [3.8, 4) is 0 Å². The van der Waals surface area contributed by atoms with Crippen molar-refractivity contribution in [2.24, 2.45) is 0 Å². The van der Waals surface area contributed by atoms with Crippen LogP contribution in [0, 0.1) is 18.6 Å². The molecule has 0 amide bonds. The minimum Gasteiger partial charge on any atom is -0.466 e. The fraction of sp³-hybridized carbons (Fsp3) is 0.350. The molecule has 0 aliphatic heterocycles. The Morgan fingerprint density at radius 3 is 2.45 bits per heavy atom. The quantitative estimate of drug-likeness (QED) is 0.487. The van der Waals surface area contributed by atoms with Crippen molar-refractivity contribution < 1.29 is 36.0 Å². The Labute approximate surface area is 168 Å². The van der Waals surface area contributed by atoms with Gasteiger partial charge < -0.3 is 9.84 Å². The molecule has 2 rings (SSSR count). The first-order chi connectivity index (χ1) is 13.6. The first kappa shape index (κ1) is 22.9. The lowest BCUT2D eigenvalue weighted by Gasteiger charge is -2.15. The molecule has 0 saturated heterocycles. The first-order valence-electron chi connectivity index (χ1n) is 8.91. The predicted octanol–water partition coefficient (Wildman–Crippen LogP) is 3.21. The monoisotopic (exact) mass is 428 g/mol. The van der Waals surface area contributed by atoms with Gasteiger partial charge in [-0.15, -0.1) is 0 Å². The van der Waals surface area contributed by atoms with E-state index in [1.54, 1.807) is 26.0 Å². The van der Waals surface area contributed by atoms with Gasteiger partial charge in [-0.3, -0.25) is 8.98 Å². The van der Waals surface area contributed by atoms with Crippen LogP contribution in [0.3, 0.4) is 0 Å². The summed E-state index contributed by atoms with van der Waals surface area (Å²) in [4.78, 5) is 11.3. The van der Waals surface area contributed by atoms with Crippen LogP contribution in [0.5, 0.6) is 0 Å². The van der Waals surface area contributed by atoms with Gasteiger partial charge in [0.1, 0.15) is 6.10 Å². The summed E-state index contributed by atoms with van der Waals surface area (Å²) in [7, 11) is -4.18. The molecule has 9 heteroatoms. The zero-order valence-electron chi connectivity index (χ0n) is 16.0. The highest BCUT2D eigenvalue weighted by Crippen LogP contribution is 2.24. The van der Waals surface area contributed by atoms with E-state index in [1.807, 2.05) is 0 Å². The maximum absolute atomic E-state index is 14.1. The van der Waals surface area contributed by atoms with Crippen LogP contribution in [0.4, 0.5) is 8.78 Å². The van der Waals surface area contributed by atoms with Crippen molar-refractivity contribution in [2.45, 2.75) is 37.7 Å². The summed E-state index contributed by atoms with van der Waals surface area (Å²) in [5.74, 6) is -3.03. The van der Waals surface area contributed by atoms with Gasteiger partial charge >= 0.3 is 5.97 Å². The van der Waals surface area contributed by atoms with Gasteiger partial charge in [0.05, 0.1) is 18.1 Å². The second kappa shape index (κ2) is 9.91. The zero-order chi connectivity index (χ0) is 21.6. The maximum Gasteiger partial charge on any atom is 0.306 e. The maximum atomic E-state index is 14.1. The lowest BCUT2D eigenvalue weighted by atomic mass is 10.0. The van der Waals surface area contributed by atoms with Crippen LogP contribution in [0.15, 0.2) is 41.3 Å². The highest BCUT2D eigenvalue weighted by molar-refractivity contribution is 7.86. The van der Waals surface area contributed by atoms with Crippen LogP contribution in [0.2, 0.25) is 0 Å². The number of ether oxygens (including phenoxy) is 1. The highest BCUT2D eigenvalue weighted by atomic mass is 32.2. The van der Waals surface area contributed by atoms with E-state index in [2.05, 4.69) is 0 Å².